The molecule has 1 saturated carbocycles. The quantitative estimate of drug-likeness (QED) is 0.605. The summed E-state index contributed by atoms with van der Waals surface area (Å²) >= 11 is 0. The third-order valence-corrected chi connectivity index (χ3v) is 2.60. The van der Waals surface area contributed by atoms with Crippen molar-refractivity contribution in [3.63, 3.8) is 0 Å². The van der Waals surface area contributed by atoms with Gasteiger partial charge in [0.15, 0.2) is 0 Å². The lowest BCUT2D eigenvalue weighted by Gasteiger charge is -2.04. The Morgan fingerprint density at radius 2 is 2.18 bits per heavy atom. The predicted octanol–water partition coefficient (Wildman–Crippen LogP) is 1.98. The molecule has 0 aromatic carbocycles. The summed E-state index contributed by atoms with van der Waals surface area (Å²) in [5, 5.41) is 3.26. The van der Waals surface area contributed by atoms with Crippen molar-refractivity contribution < 1.29 is 4.39 Å². The molecule has 0 aromatic heterocycles. The van der Waals surface area contributed by atoms with E-state index in [0.717, 1.165) is 19.0 Å². The molecular formula is C9H18FN. The van der Waals surface area contributed by atoms with Crippen LogP contribution in [0, 0.1) is 11.3 Å². The summed E-state index contributed by atoms with van der Waals surface area (Å²) in [5.74, 6) is 0.835. The van der Waals surface area contributed by atoms with Crippen molar-refractivity contribution in [2.75, 3.05) is 19.8 Å². The Balaban J connectivity index is 1.90. The lowest BCUT2D eigenvalue weighted by Crippen LogP contribution is -2.20. The van der Waals surface area contributed by atoms with E-state index in [4.69, 9.17) is 0 Å². The molecule has 1 rings (SSSR count). The van der Waals surface area contributed by atoms with Crippen molar-refractivity contribution in [2.45, 2.75) is 26.7 Å². The fraction of sp³-hybridized carbons (Fsp3) is 1.00. The minimum absolute atomic E-state index is 0.193. The standard InChI is InChI=1S/C9H18FN/c1-9(2)6-8(9)7-11-5-3-4-10/h8,11H,3-7H2,1-2H3. The molecule has 0 aliphatic heterocycles. The third kappa shape index (κ3) is 2.78. The van der Waals surface area contributed by atoms with Gasteiger partial charge in [0.2, 0.25) is 0 Å². The van der Waals surface area contributed by atoms with E-state index in [1.165, 1.54) is 6.42 Å². The van der Waals surface area contributed by atoms with E-state index in [9.17, 15) is 4.39 Å². The number of nitrogens with one attached hydrogen (secondary N) is 1. The van der Waals surface area contributed by atoms with Crippen molar-refractivity contribution in [3.8, 4) is 0 Å². The van der Waals surface area contributed by atoms with Gasteiger partial charge in [-0.2, -0.15) is 0 Å². The van der Waals surface area contributed by atoms with Crippen LogP contribution in [-0.2, 0) is 0 Å². The van der Waals surface area contributed by atoms with Crippen LogP contribution < -0.4 is 5.32 Å². The summed E-state index contributed by atoms with van der Waals surface area (Å²) in [4.78, 5) is 0. The molecule has 66 valence electrons. The van der Waals surface area contributed by atoms with E-state index in [1.807, 2.05) is 0 Å². The van der Waals surface area contributed by atoms with E-state index in [2.05, 4.69) is 19.2 Å². The van der Waals surface area contributed by atoms with Gasteiger partial charge in [-0.1, -0.05) is 13.8 Å². The number of hydrogen-bond acceptors (Lipinski definition) is 1. The molecule has 2 heteroatoms. The molecule has 0 aromatic rings. The van der Waals surface area contributed by atoms with Gasteiger partial charge >= 0.3 is 0 Å². The monoisotopic (exact) mass is 159 g/mol. The van der Waals surface area contributed by atoms with Gasteiger partial charge < -0.3 is 5.32 Å². The van der Waals surface area contributed by atoms with Gasteiger partial charge in [0.25, 0.3) is 0 Å². The first-order chi connectivity index (χ1) is 5.17. The van der Waals surface area contributed by atoms with Crippen LogP contribution in [-0.4, -0.2) is 19.8 Å². The molecule has 1 nitrogen and oxygen atoms in total. The minimum atomic E-state index is -0.193. The Bertz CT molecular complexity index is 123. The van der Waals surface area contributed by atoms with Gasteiger partial charge in [0.05, 0.1) is 6.67 Å². The highest BCUT2D eigenvalue weighted by molar-refractivity contribution is 4.95. The second-order valence-corrected chi connectivity index (χ2v) is 4.14. The number of rotatable bonds is 5. The molecule has 1 aliphatic rings. The van der Waals surface area contributed by atoms with Crippen LogP contribution >= 0.6 is 0 Å². The Labute approximate surface area is 68.4 Å². The minimum Gasteiger partial charge on any atom is -0.316 e. The van der Waals surface area contributed by atoms with Gasteiger partial charge in [-0.15, -0.1) is 0 Å². The molecule has 0 spiro atoms. The molecule has 11 heavy (non-hydrogen) atoms. The maximum Gasteiger partial charge on any atom is 0.0906 e. The van der Waals surface area contributed by atoms with E-state index >= 15 is 0 Å². The molecular weight excluding hydrogens is 141 g/mol. The summed E-state index contributed by atoms with van der Waals surface area (Å²) < 4.78 is 11.6. The van der Waals surface area contributed by atoms with Gasteiger partial charge in [0, 0.05) is 0 Å². The summed E-state index contributed by atoms with van der Waals surface area (Å²) in [7, 11) is 0. The molecule has 1 N–H and O–H groups in total. The predicted molar refractivity (Wildman–Crippen MR) is 45.3 cm³/mol. The number of halogens is 1. The Hall–Kier alpha value is -0.110. The van der Waals surface area contributed by atoms with Crippen LogP contribution in [0.5, 0.6) is 0 Å². The number of alkyl halides is 1. The van der Waals surface area contributed by atoms with E-state index < -0.39 is 0 Å². The second kappa shape index (κ2) is 3.53. The molecule has 0 saturated heterocycles. The average Bonchev–Trinajstić information content (AvgIpc) is 2.52. The fourth-order valence-electron chi connectivity index (χ4n) is 1.39. The highest BCUT2D eigenvalue weighted by Gasteiger charge is 2.44. The highest BCUT2D eigenvalue weighted by Crippen LogP contribution is 2.50. The molecule has 0 radical (unpaired) electrons. The van der Waals surface area contributed by atoms with Crippen LogP contribution in [0.3, 0.4) is 0 Å². The van der Waals surface area contributed by atoms with Crippen LogP contribution in [0.2, 0.25) is 0 Å². The molecule has 0 amide bonds. The van der Waals surface area contributed by atoms with Crippen LogP contribution in [0.1, 0.15) is 26.7 Å². The van der Waals surface area contributed by atoms with Crippen molar-refractivity contribution in [1.82, 2.24) is 5.32 Å². The molecule has 1 atom stereocenters. The zero-order chi connectivity index (χ0) is 8.32. The first-order valence-corrected chi connectivity index (χ1v) is 4.43. The Morgan fingerprint density at radius 3 is 2.64 bits per heavy atom. The highest BCUT2D eigenvalue weighted by atomic mass is 19.1. The summed E-state index contributed by atoms with van der Waals surface area (Å²) in [5.41, 5.74) is 0.558. The van der Waals surface area contributed by atoms with E-state index in [-0.39, 0.29) is 6.67 Å². The van der Waals surface area contributed by atoms with Crippen molar-refractivity contribution >= 4 is 0 Å². The topological polar surface area (TPSA) is 12.0 Å². The first-order valence-electron chi connectivity index (χ1n) is 4.43. The van der Waals surface area contributed by atoms with E-state index in [0.29, 0.717) is 11.8 Å². The average molecular weight is 159 g/mol. The zero-order valence-corrected chi connectivity index (χ0v) is 7.49. The fourth-order valence-corrected chi connectivity index (χ4v) is 1.39. The maximum atomic E-state index is 11.6. The van der Waals surface area contributed by atoms with E-state index in [1.54, 1.807) is 0 Å². The zero-order valence-electron chi connectivity index (χ0n) is 7.49. The Kier molecular flexibility index (Phi) is 2.88. The lowest BCUT2D eigenvalue weighted by molar-refractivity contribution is 0.448. The molecule has 0 bridgehead atoms. The summed E-state index contributed by atoms with van der Waals surface area (Å²) in [6.45, 7) is 6.29. The molecule has 1 unspecified atom stereocenters. The Morgan fingerprint density at radius 1 is 1.55 bits per heavy atom. The van der Waals surface area contributed by atoms with Crippen LogP contribution in [0.4, 0.5) is 4.39 Å². The first kappa shape index (κ1) is 8.98. The van der Waals surface area contributed by atoms with Gasteiger partial charge in [-0.3, -0.25) is 4.39 Å². The normalized spacial score (nSPS) is 27.0. The summed E-state index contributed by atoms with van der Waals surface area (Å²) in [6, 6.07) is 0. The van der Waals surface area contributed by atoms with Crippen molar-refractivity contribution in [2.24, 2.45) is 11.3 Å². The van der Waals surface area contributed by atoms with Crippen LogP contribution in [0.15, 0.2) is 0 Å². The SMILES string of the molecule is CC1(C)CC1CNCCCF. The van der Waals surface area contributed by atoms with Crippen LogP contribution in [0.25, 0.3) is 0 Å². The molecule has 0 heterocycles. The lowest BCUT2D eigenvalue weighted by atomic mass is 10.1. The number of hydrogen-bond donors (Lipinski definition) is 1. The van der Waals surface area contributed by atoms with Gasteiger partial charge in [-0.25, -0.2) is 0 Å². The van der Waals surface area contributed by atoms with Gasteiger partial charge in [0.1, 0.15) is 0 Å². The molecule has 1 aliphatic carbocycles. The van der Waals surface area contributed by atoms with Crippen molar-refractivity contribution in [1.29, 1.82) is 0 Å². The van der Waals surface area contributed by atoms with Crippen molar-refractivity contribution in [3.05, 3.63) is 0 Å². The maximum absolute atomic E-state index is 11.6. The smallest absolute Gasteiger partial charge is 0.0906 e. The second-order valence-electron chi connectivity index (χ2n) is 4.14. The largest absolute Gasteiger partial charge is 0.316 e. The summed E-state index contributed by atoms with van der Waals surface area (Å²) in [6.07, 6.45) is 1.99. The third-order valence-electron chi connectivity index (χ3n) is 2.60. The molecule has 1 fully saturated rings. The van der Waals surface area contributed by atoms with Gasteiger partial charge in [-0.05, 0) is 37.3 Å².